The third kappa shape index (κ3) is 4.35. The lowest BCUT2D eigenvalue weighted by atomic mass is 9.95. The van der Waals surface area contributed by atoms with Crippen LogP contribution >= 0.6 is 0 Å². The summed E-state index contributed by atoms with van der Waals surface area (Å²) in [6, 6.07) is 6.98. The summed E-state index contributed by atoms with van der Waals surface area (Å²) in [4.78, 5) is 26.0. The zero-order chi connectivity index (χ0) is 18.8. The molecule has 0 aromatic heterocycles. The second kappa shape index (κ2) is 7.26. The molecule has 3 rings (SSSR count). The first kappa shape index (κ1) is 18.7. The van der Waals surface area contributed by atoms with Crippen LogP contribution in [0.1, 0.15) is 37.7 Å². The fraction of sp³-hybridized carbons (Fsp3) is 0.556. The molecule has 1 aliphatic heterocycles. The lowest BCUT2D eigenvalue weighted by Crippen LogP contribution is -2.36. The van der Waals surface area contributed by atoms with Gasteiger partial charge in [0.2, 0.25) is 21.8 Å². The lowest BCUT2D eigenvalue weighted by molar-refractivity contribution is -0.127. The maximum Gasteiger partial charge on any atom is 0.230 e. The van der Waals surface area contributed by atoms with Gasteiger partial charge in [-0.3, -0.25) is 14.3 Å². The van der Waals surface area contributed by atoms with E-state index in [9.17, 15) is 18.0 Å². The third-order valence-electron chi connectivity index (χ3n) is 4.99. The molecular weight excluding hydrogens is 354 g/mol. The van der Waals surface area contributed by atoms with E-state index in [-0.39, 0.29) is 11.8 Å². The smallest absolute Gasteiger partial charge is 0.230 e. The number of benzene rings is 1. The predicted octanol–water partition coefficient (Wildman–Crippen LogP) is 1.22. The molecule has 1 aliphatic carbocycles. The predicted molar refractivity (Wildman–Crippen MR) is 99.3 cm³/mol. The van der Waals surface area contributed by atoms with Gasteiger partial charge >= 0.3 is 0 Å². The largest absolute Gasteiger partial charge is 0.355 e. The van der Waals surface area contributed by atoms with Gasteiger partial charge in [0.1, 0.15) is 0 Å². The van der Waals surface area contributed by atoms with Crippen molar-refractivity contribution in [2.45, 2.75) is 37.5 Å². The molecule has 1 heterocycles. The van der Waals surface area contributed by atoms with Crippen LogP contribution in [0.4, 0.5) is 5.69 Å². The van der Waals surface area contributed by atoms with E-state index in [0.29, 0.717) is 25.2 Å². The van der Waals surface area contributed by atoms with E-state index >= 15 is 0 Å². The topological polar surface area (TPSA) is 95.6 Å². The first-order valence-electron chi connectivity index (χ1n) is 8.95. The Morgan fingerprint density at radius 3 is 2.46 bits per heavy atom. The average Bonchev–Trinajstić information content (AvgIpc) is 3.28. The van der Waals surface area contributed by atoms with Gasteiger partial charge in [-0.1, -0.05) is 12.1 Å². The number of carbonyl (C=O) groups excluding carboxylic acids is 2. The van der Waals surface area contributed by atoms with Crippen molar-refractivity contribution < 1.29 is 18.0 Å². The van der Waals surface area contributed by atoms with Gasteiger partial charge in [-0.25, -0.2) is 8.42 Å². The van der Waals surface area contributed by atoms with Gasteiger partial charge in [0.05, 0.1) is 11.7 Å². The van der Waals surface area contributed by atoms with Gasteiger partial charge in [0.25, 0.3) is 0 Å². The molecule has 0 atom stereocenters. The molecule has 0 radical (unpaired) electrons. The van der Waals surface area contributed by atoms with Crippen LogP contribution in [0.15, 0.2) is 24.3 Å². The highest BCUT2D eigenvalue weighted by molar-refractivity contribution is 7.92. The number of likely N-dealkylation sites (tertiary alicyclic amines) is 1. The molecule has 0 unspecified atom stereocenters. The zero-order valence-corrected chi connectivity index (χ0v) is 15.8. The second-order valence-corrected chi connectivity index (χ2v) is 8.88. The molecule has 8 heteroatoms. The van der Waals surface area contributed by atoms with Gasteiger partial charge in [-0.2, -0.15) is 0 Å². The summed E-state index contributed by atoms with van der Waals surface area (Å²) < 4.78 is 25.0. The normalized spacial score (nSPS) is 18.7. The Kier molecular flexibility index (Phi) is 5.22. The van der Waals surface area contributed by atoms with Crippen molar-refractivity contribution in [3.8, 4) is 0 Å². The van der Waals surface area contributed by atoms with Gasteiger partial charge < -0.3 is 10.2 Å². The first-order valence-corrected chi connectivity index (χ1v) is 10.8. The van der Waals surface area contributed by atoms with Crippen molar-refractivity contribution in [1.29, 1.82) is 0 Å². The Hall–Kier alpha value is -2.09. The number of hydrogen-bond acceptors (Lipinski definition) is 4. The number of sulfonamides is 1. The average molecular weight is 379 g/mol. The molecule has 0 bridgehead atoms. The van der Waals surface area contributed by atoms with Crippen molar-refractivity contribution in [3.63, 3.8) is 0 Å². The Morgan fingerprint density at radius 2 is 1.92 bits per heavy atom. The number of hydrogen-bond donors (Lipinski definition) is 2. The van der Waals surface area contributed by atoms with Crippen LogP contribution in [0.5, 0.6) is 0 Å². The highest BCUT2D eigenvalue weighted by Crippen LogP contribution is 2.48. The molecule has 7 nitrogen and oxygen atoms in total. The van der Waals surface area contributed by atoms with Crippen LogP contribution in [0, 0.1) is 0 Å². The summed E-state index contributed by atoms with van der Waals surface area (Å²) in [7, 11) is -3.31. The Bertz CT molecular complexity index is 785. The fourth-order valence-corrected chi connectivity index (χ4v) is 3.99. The van der Waals surface area contributed by atoms with Gasteiger partial charge in [-0.15, -0.1) is 0 Å². The Labute approximate surface area is 154 Å². The van der Waals surface area contributed by atoms with Crippen molar-refractivity contribution >= 4 is 27.5 Å². The quantitative estimate of drug-likeness (QED) is 0.664. The molecule has 2 aliphatic rings. The Morgan fingerprint density at radius 1 is 1.23 bits per heavy atom. The highest BCUT2D eigenvalue weighted by atomic mass is 32.2. The molecule has 1 saturated heterocycles. The van der Waals surface area contributed by atoms with E-state index in [4.69, 9.17) is 0 Å². The molecule has 2 amide bonds. The molecule has 1 aromatic carbocycles. The van der Waals surface area contributed by atoms with E-state index in [1.807, 2.05) is 17.0 Å². The summed E-state index contributed by atoms with van der Waals surface area (Å²) in [6.07, 6.45) is 5.01. The highest BCUT2D eigenvalue weighted by Gasteiger charge is 2.51. The van der Waals surface area contributed by atoms with Crippen LogP contribution in [0.3, 0.4) is 0 Å². The number of anilines is 1. The number of rotatable bonds is 8. The fourth-order valence-electron chi connectivity index (χ4n) is 3.42. The number of amides is 2. The van der Waals surface area contributed by atoms with Crippen LogP contribution in [0.2, 0.25) is 0 Å². The minimum atomic E-state index is -3.31. The number of nitrogens with zero attached hydrogens (tertiary/aromatic N) is 1. The molecule has 142 valence electrons. The van der Waals surface area contributed by atoms with Crippen LogP contribution in [-0.4, -0.2) is 51.0 Å². The number of nitrogens with one attached hydrogen (secondary N) is 2. The van der Waals surface area contributed by atoms with Gasteiger partial charge in [0, 0.05) is 31.7 Å². The molecular formula is C18H25N3O4S. The SMILES string of the molecule is CS(=O)(=O)Nc1ccc(C2(C(=O)NCCCN3CCCC3=O)CC2)cc1. The minimum Gasteiger partial charge on any atom is -0.355 e. The first-order chi connectivity index (χ1) is 12.3. The lowest BCUT2D eigenvalue weighted by Gasteiger charge is -2.18. The van der Waals surface area contributed by atoms with Crippen molar-refractivity contribution in [2.24, 2.45) is 0 Å². The van der Waals surface area contributed by atoms with E-state index in [1.54, 1.807) is 12.1 Å². The van der Waals surface area contributed by atoms with E-state index in [1.165, 1.54) is 0 Å². The second-order valence-electron chi connectivity index (χ2n) is 7.13. The van der Waals surface area contributed by atoms with E-state index in [2.05, 4.69) is 10.0 Å². The van der Waals surface area contributed by atoms with Crippen molar-refractivity contribution in [2.75, 3.05) is 30.6 Å². The van der Waals surface area contributed by atoms with E-state index < -0.39 is 15.4 Å². The summed E-state index contributed by atoms with van der Waals surface area (Å²) in [6.45, 7) is 2.07. The molecule has 1 saturated carbocycles. The van der Waals surface area contributed by atoms with Crippen LogP contribution in [0.25, 0.3) is 0 Å². The van der Waals surface area contributed by atoms with E-state index in [0.717, 1.165) is 44.0 Å². The van der Waals surface area contributed by atoms with Crippen molar-refractivity contribution in [1.82, 2.24) is 10.2 Å². The maximum atomic E-state index is 12.6. The molecule has 1 aromatic rings. The minimum absolute atomic E-state index is 0.00840. The van der Waals surface area contributed by atoms with Crippen LogP contribution in [-0.2, 0) is 25.0 Å². The molecule has 2 fully saturated rings. The maximum absolute atomic E-state index is 12.6. The third-order valence-corrected chi connectivity index (χ3v) is 5.59. The summed E-state index contributed by atoms with van der Waals surface area (Å²) in [5.74, 6) is 0.215. The molecule has 0 spiro atoms. The molecule has 26 heavy (non-hydrogen) atoms. The summed E-state index contributed by atoms with van der Waals surface area (Å²) >= 11 is 0. The summed E-state index contributed by atoms with van der Waals surface area (Å²) in [5.41, 5.74) is 0.902. The van der Waals surface area contributed by atoms with Crippen LogP contribution < -0.4 is 10.0 Å². The molecule has 2 N–H and O–H groups in total. The van der Waals surface area contributed by atoms with Crippen molar-refractivity contribution in [3.05, 3.63) is 29.8 Å². The summed E-state index contributed by atoms with van der Waals surface area (Å²) in [5, 5.41) is 2.99. The van der Waals surface area contributed by atoms with Gasteiger partial charge in [-0.05, 0) is 43.4 Å². The standard InChI is InChI=1S/C18H25N3O4S/c1-26(24,25)20-15-7-5-14(6-8-15)18(9-10-18)17(23)19-11-3-13-21-12-2-4-16(21)22/h5-8,20H,2-4,9-13H2,1H3,(H,19,23). The monoisotopic (exact) mass is 379 g/mol. The Balaban J connectivity index is 1.51. The zero-order valence-electron chi connectivity index (χ0n) is 15.0. The number of carbonyl (C=O) groups is 2. The van der Waals surface area contributed by atoms with Gasteiger partial charge in [0.15, 0.2) is 0 Å².